The van der Waals surface area contributed by atoms with E-state index in [0.717, 1.165) is 27.7 Å². The van der Waals surface area contributed by atoms with Crippen LogP contribution in [0.4, 0.5) is 0 Å². The summed E-state index contributed by atoms with van der Waals surface area (Å²) in [6.07, 6.45) is 3.35. The third kappa shape index (κ3) is 3.81. The molecule has 2 aromatic heterocycles. The molecule has 0 saturated heterocycles. The van der Waals surface area contributed by atoms with E-state index < -0.39 is 0 Å². The van der Waals surface area contributed by atoms with E-state index in [1.54, 1.807) is 12.4 Å². The van der Waals surface area contributed by atoms with Gasteiger partial charge in [-0.05, 0) is 29.8 Å². The summed E-state index contributed by atoms with van der Waals surface area (Å²) in [6, 6.07) is 20.8. The van der Waals surface area contributed by atoms with E-state index in [2.05, 4.69) is 15.3 Å². The number of hydrogen-bond donors (Lipinski definition) is 1. The third-order valence-corrected chi connectivity index (χ3v) is 4.54. The number of pyridine rings is 2. The van der Waals surface area contributed by atoms with Crippen LogP contribution in [-0.2, 0) is 6.54 Å². The first-order valence-electron chi connectivity index (χ1n) is 8.53. The van der Waals surface area contributed by atoms with Crippen molar-refractivity contribution in [3.63, 3.8) is 0 Å². The van der Waals surface area contributed by atoms with Gasteiger partial charge in [0, 0.05) is 34.9 Å². The van der Waals surface area contributed by atoms with Crippen molar-refractivity contribution >= 4 is 28.4 Å². The Bertz CT molecular complexity index is 1100. The normalized spacial score (nSPS) is 10.7. The van der Waals surface area contributed by atoms with Crippen LogP contribution >= 0.6 is 11.6 Å². The zero-order valence-electron chi connectivity index (χ0n) is 14.4. The molecule has 0 spiro atoms. The second-order valence-electron chi connectivity index (χ2n) is 6.12. The average molecular weight is 374 g/mol. The van der Waals surface area contributed by atoms with Gasteiger partial charge in [0.05, 0.1) is 16.8 Å². The number of aromatic nitrogens is 2. The largest absolute Gasteiger partial charge is 0.348 e. The zero-order chi connectivity index (χ0) is 18.6. The second kappa shape index (κ2) is 7.56. The van der Waals surface area contributed by atoms with Crippen molar-refractivity contribution in [2.45, 2.75) is 6.54 Å². The van der Waals surface area contributed by atoms with Crippen LogP contribution in [0.1, 0.15) is 15.9 Å². The lowest BCUT2D eigenvalue weighted by molar-refractivity contribution is 0.0952. The standard InChI is InChI=1S/C22H16ClN3O/c23-17-8-6-15(7-9-17)13-25-22(27)18-12-21(16-4-2-1-3-5-16)26-20-10-11-24-14-19(18)20/h1-12,14H,13H2,(H,25,27). The maximum Gasteiger partial charge on any atom is 0.252 e. The molecule has 0 aliphatic carbocycles. The van der Waals surface area contributed by atoms with E-state index in [1.807, 2.05) is 66.7 Å². The summed E-state index contributed by atoms with van der Waals surface area (Å²) >= 11 is 5.91. The van der Waals surface area contributed by atoms with E-state index in [0.29, 0.717) is 17.1 Å². The molecule has 1 N–H and O–H groups in total. The van der Waals surface area contributed by atoms with Gasteiger partial charge in [0.25, 0.3) is 5.91 Å². The van der Waals surface area contributed by atoms with Crippen LogP contribution in [0.5, 0.6) is 0 Å². The van der Waals surface area contributed by atoms with Crippen molar-refractivity contribution in [3.8, 4) is 11.3 Å². The first-order valence-corrected chi connectivity index (χ1v) is 8.91. The highest BCUT2D eigenvalue weighted by atomic mass is 35.5. The molecule has 0 radical (unpaired) electrons. The summed E-state index contributed by atoms with van der Waals surface area (Å²) in [7, 11) is 0. The monoisotopic (exact) mass is 373 g/mol. The fraction of sp³-hybridized carbons (Fsp3) is 0.0455. The smallest absolute Gasteiger partial charge is 0.252 e. The van der Waals surface area contributed by atoms with E-state index in [-0.39, 0.29) is 5.91 Å². The number of nitrogens with zero attached hydrogens (tertiary/aromatic N) is 2. The summed E-state index contributed by atoms with van der Waals surface area (Å²) in [6.45, 7) is 0.417. The summed E-state index contributed by atoms with van der Waals surface area (Å²) in [5, 5.41) is 4.37. The molecule has 1 amide bonds. The predicted molar refractivity (Wildman–Crippen MR) is 108 cm³/mol. The maximum absolute atomic E-state index is 12.9. The van der Waals surface area contributed by atoms with E-state index >= 15 is 0 Å². The lowest BCUT2D eigenvalue weighted by atomic mass is 10.0. The molecule has 2 heterocycles. The molecule has 5 heteroatoms. The molecule has 2 aromatic carbocycles. The number of hydrogen-bond acceptors (Lipinski definition) is 3. The molecular weight excluding hydrogens is 358 g/mol. The van der Waals surface area contributed by atoms with Gasteiger partial charge < -0.3 is 5.32 Å². The van der Waals surface area contributed by atoms with E-state index in [4.69, 9.17) is 11.6 Å². The van der Waals surface area contributed by atoms with Crippen molar-refractivity contribution < 1.29 is 4.79 Å². The summed E-state index contributed by atoms with van der Waals surface area (Å²) in [5.41, 5.74) is 3.99. The number of nitrogens with one attached hydrogen (secondary N) is 1. The first-order chi connectivity index (χ1) is 13.2. The van der Waals surface area contributed by atoms with Gasteiger partial charge in [-0.3, -0.25) is 9.78 Å². The van der Waals surface area contributed by atoms with Crippen LogP contribution in [0, 0.1) is 0 Å². The van der Waals surface area contributed by atoms with Gasteiger partial charge in [0.15, 0.2) is 0 Å². The lowest BCUT2D eigenvalue weighted by Crippen LogP contribution is -2.23. The van der Waals surface area contributed by atoms with Crippen LogP contribution < -0.4 is 5.32 Å². The molecule has 4 aromatic rings. The third-order valence-electron chi connectivity index (χ3n) is 4.29. The number of carbonyl (C=O) groups excluding carboxylic acids is 1. The number of rotatable bonds is 4. The number of benzene rings is 2. The highest BCUT2D eigenvalue weighted by Gasteiger charge is 2.14. The van der Waals surface area contributed by atoms with Gasteiger partial charge in [-0.25, -0.2) is 4.98 Å². The van der Waals surface area contributed by atoms with Gasteiger partial charge in [-0.15, -0.1) is 0 Å². The Balaban J connectivity index is 1.69. The zero-order valence-corrected chi connectivity index (χ0v) is 15.1. The van der Waals surface area contributed by atoms with Gasteiger partial charge in [0.2, 0.25) is 0 Å². The van der Waals surface area contributed by atoms with Gasteiger partial charge in [-0.1, -0.05) is 54.1 Å². The summed E-state index contributed by atoms with van der Waals surface area (Å²) in [4.78, 5) is 21.7. The van der Waals surface area contributed by atoms with Gasteiger partial charge in [-0.2, -0.15) is 0 Å². The second-order valence-corrected chi connectivity index (χ2v) is 6.56. The Kier molecular flexibility index (Phi) is 4.81. The van der Waals surface area contributed by atoms with Crippen molar-refractivity contribution in [3.05, 3.63) is 95.3 Å². The summed E-state index contributed by atoms with van der Waals surface area (Å²) < 4.78 is 0. The molecule has 0 unspecified atom stereocenters. The Morgan fingerprint density at radius 1 is 1.00 bits per heavy atom. The molecule has 0 aliphatic heterocycles. The van der Waals surface area contributed by atoms with E-state index in [9.17, 15) is 4.79 Å². The Morgan fingerprint density at radius 3 is 2.56 bits per heavy atom. The number of carbonyl (C=O) groups is 1. The fourth-order valence-electron chi connectivity index (χ4n) is 2.89. The number of halogens is 1. The van der Waals surface area contributed by atoms with Crippen molar-refractivity contribution in [2.75, 3.05) is 0 Å². The molecule has 4 rings (SSSR count). The van der Waals surface area contributed by atoms with Crippen molar-refractivity contribution in [1.82, 2.24) is 15.3 Å². The number of fused-ring (bicyclic) bond motifs is 1. The molecule has 0 atom stereocenters. The molecule has 0 fully saturated rings. The average Bonchev–Trinajstić information content (AvgIpc) is 2.73. The van der Waals surface area contributed by atoms with Crippen LogP contribution in [-0.4, -0.2) is 15.9 Å². The first kappa shape index (κ1) is 17.2. The molecule has 0 bridgehead atoms. The molecule has 27 heavy (non-hydrogen) atoms. The van der Waals surface area contributed by atoms with Crippen molar-refractivity contribution in [2.24, 2.45) is 0 Å². The van der Waals surface area contributed by atoms with Crippen LogP contribution in [0.3, 0.4) is 0 Å². The van der Waals surface area contributed by atoms with Crippen LogP contribution in [0.2, 0.25) is 5.02 Å². The predicted octanol–water partition coefficient (Wildman–Crippen LogP) is 4.88. The number of amides is 1. The van der Waals surface area contributed by atoms with Gasteiger partial charge >= 0.3 is 0 Å². The van der Waals surface area contributed by atoms with Crippen LogP contribution in [0.15, 0.2) is 79.1 Å². The molecule has 132 valence electrons. The molecule has 4 nitrogen and oxygen atoms in total. The Morgan fingerprint density at radius 2 is 1.78 bits per heavy atom. The minimum Gasteiger partial charge on any atom is -0.348 e. The topological polar surface area (TPSA) is 54.9 Å². The summed E-state index contributed by atoms with van der Waals surface area (Å²) in [5.74, 6) is -0.164. The highest BCUT2D eigenvalue weighted by Crippen LogP contribution is 2.24. The molecule has 0 aliphatic rings. The van der Waals surface area contributed by atoms with E-state index in [1.165, 1.54) is 0 Å². The molecule has 0 saturated carbocycles. The van der Waals surface area contributed by atoms with Gasteiger partial charge in [0.1, 0.15) is 0 Å². The minimum absolute atomic E-state index is 0.164. The minimum atomic E-state index is -0.164. The maximum atomic E-state index is 12.9. The molecular formula is C22H16ClN3O. The quantitative estimate of drug-likeness (QED) is 0.554. The van der Waals surface area contributed by atoms with Crippen molar-refractivity contribution in [1.29, 1.82) is 0 Å². The SMILES string of the molecule is O=C(NCc1ccc(Cl)cc1)c1cc(-c2ccccc2)nc2ccncc12. The van der Waals surface area contributed by atoms with Crippen LogP contribution in [0.25, 0.3) is 22.2 Å². The fourth-order valence-corrected chi connectivity index (χ4v) is 3.02. The Labute approximate surface area is 161 Å². The highest BCUT2D eigenvalue weighted by molar-refractivity contribution is 6.30. The Hall–Kier alpha value is -3.24. The lowest BCUT2D eigenvalue weighted by Gasteiger charge is -2.10.